The summed E-state index contributed by atoms with van der Waals surface area (Å²) in [7, 11) is 0. The highest BCUT2D eigenvalue weighted by Gasteiger charge is 2.18. The van der Waals surface area contributed by atoms with Gasteiger partial charge in [0, 0.05) is 0 Å². The molecule has 0 radical (unpaired) electrons. The lowest BCUT2D eigenvalue weighted by molar-refractivity contribution is 0.278. The quantitative estimate of drug-likeness (QED) is 0.442. The number of thiol groups is 1. The monoisotopic (exact) mass is 218 g/mol. The van der Waals surface area contributed by atoms with Crippen LogP contribution in [0.15, 0.2) is 29.3 Å². The van der Waals surface area contributed by atoms with Gasteiger partial charge in [0.05, 0.1) is 11.4 Å². The third kappa shape index (κ3) is 2.62. The van der Waals surface area contributed by atoms with Crippen LogP contribution in [0.3, 0.4) is 0 Å². The largest absolute Gasteiger partial charge is 0.335 e. The Hall–Kier alpha value is 0.220. The van der Waals surface area contributed by atoms with Crippen molar-refractivity contribution in [3.05, 3.63) is 29.3 Å². The number of hydrogen-bond acceptors (Lipinski definition) is 2. The molecule has 0 aromatic heterocycles. The summed E-state index contributed by atoms with van der Waals surface area (Å²) < 4.78 is 5.54. The fraction of sp³-hybridized carbons (Fsp3) is 0.375. The molecular formula is C8H11OPS2. The maximum absolute atomic E-state index is 5.54. The standard InChI is InChI=1S/C8H11OPS2/c1-7(2)9-10(11,12)8-5-3-4-6-8/h3-5,7H,1-2H3,(H,11,12). The molecular weight excluding hydrogens is 207 g/mol. The van der Waals surface area contributed by atoms with Gasteiger partial charge < -0.3 is 4.52 Å². The molecule has 0 heterocycles. The summed E-state index contributed by atoms with van der Waals surface area (Å²) in [5.41, 5.74) is 0.946. The molecule has 0 amide bonds. The van der Waals surface area contributed by atoms with E-state index in [2.05, 4.69) is 18.0 Å². The van der Waals surface area contributed by atoms with Crippen LogP contribution in [0.5, 0.6) is 0 Å². The zero-order valence-electron chi connectivity index (χ0n) is 7.02. The van der Waals surface area contributed by atoms with E-state index < -0.39 is 5.47 Å². The first-order chi connectivity index (χ1) is 5.52. The Labute approximate surface area is 83.4 Å². The first kappa shape index (κ1) is 10.3. The summed E-state index contributed by atoms with van der Waals surface area (Å²) in [6, 6.07) is 0. The van der Waals surface area contributed by atoms with E-state index in [-0.39, 0.29) is 6.10 Å². The summed E-state index contributed by atoms with van der Waals surface area (Å²) in [6.45, 7) is 3.92. The van der Waals surface area contributed by atoms with Gasteiger partial charge in [0.1, 0.15) is 0 Å². The number of allylic oxidation sites excluding steroid dienone is 3. The van der Waals surface area contributed by atoms with Crippen molar-refractivity contribution in [2.45, 2.75) is 20.0 Å². The Morgan fingerprint density at radius 3 is 2.75 bits per heavy atom. The molecule has 1 unspecified atom stereocenters. The molecule has 66 valence electrons. The predicted molar refractivity (Wildman–Crippen MR) is 60.2 cm³/mol. The molecule has 1 rings (SSSR count). The Bertz CT molecular complexity index is 311. The second kappa shape index (κ2) is 3.95. The van der Waals surface area contributed by atoms with Crippen LogP contribution in [0, 0.1) is 0 Å². The van der Waals surface area contributed by atoms with Crippen molar-refractivity contribution >= 4 is 29.5 Å². The van der Waals surface area contributed by atoms with Crippen LogP contribution in [0.25, 0.3) is 0 Å². The third-order valence-corrected chi connectivity index (χ3v) is 4.61. The van der Waals surface area contributed by atoms with E-state index in [9.17, 15) is 0 Å². The minimum Gasteiger partial charge on any atom is -0.335 e. The van der Waals surface area contributed by atoms with Gasteiger partial charge >= 0.3 is 0 Å². The van der Waals surface area contributed by atoms with Gasteiger partial charge in [-0.25, -0.2) is 0 Å². The Morgan fingerprint density at radius 1 is 1.67 bits per heavy atom. The molecule has 0 bridgehead atoms. The van der Waals surface area contributed by atoms with E-state index in [0.717, 1.165) is 5.31 Å². The van der Waals surface area contributed by atoms with E-state index in [4.69, 9.17) is 16.3 Å². The second-order valence-corrected chi connectivity index (χ2v) is 8.51. The smallest absolute Gasteiger partial charge is 0.153 e. The summed E-state index contributed by atoms with van der Waals surface area (Å²) in [5.74, 6) is 0. The van der Waals surface area contributed by atoms with Crippen molar-refractivity contribution in [2.75, 3.05) is 0 Å². The molecule has 0 aliphatic heterocycles. The van der Waals surface area contributed by atoms with E-state index >= 15 is 0 Å². The average molecular weight is 218 g/mol. The normalized spacial score (nSPS) is 19.8. The zero-order valence-corrected chi connectivity index (χ0v) is 9.63. The van der Waals surface area contributed by atoms with Crippen LogP contribution in [-0.2, 0) is 16.3 Å². The van der Waals surface area contributed by atoms with Crippen LogP contribution < -0.4 is 0 Å². The molecule has 0 aromatic carbocycles. The third-order valence-electron chi connectivity index (χ3n) is 1.24. The van der Waals surface area contributed by atoms with Gasteiger partial charge in [-0.3, -0.25) is 0 Å². The van der Waals surface area contributed by atoms with Gasteiger partial charge in [-0.2, -0.15) is 0 Å². The summed E-state index contributed by atoms with van der Waals surface area (Å²) in [6.07, 6.45) is 5.76. The lowest BCUT2D eigenvalue weighted by Gasteiger charge is -2.18. The van der Waals surface area contributed by atoms with Crippen LogP contribution in [0.4, 0.5) is 0 Å². The maximum atomic E-state index is 5.54. The lowest BCUT2D eigenvalue weighted by Crippen LogP contribution is -1.97. The van der Waals surface area contributed by atoms with Gasteiger partial charge in [-0.15, -0.1) is 18.0 Å². The molecule has 0 fully saturated rings. The molecule has 1 nitrogen and oxygen atoms in total. The van der Waals surface area contributed by atoms with Crippen LogP contribution in [0.2, 0.25) is 0 Å². The highest BCUT2D eigenvalue weighted by Crippen LogP contribution is 2.61. The molecule has 0 saturated heterocycles. The SMILES string of the molecule is CC(C)OP(=S)(S)C1=C=CC=C1. The van der Waals surface area contributed by atoms with Crippen molar-refractivity contribution in [3.8, 4) is 0 Å². The van der Waals surface area contributed by atoms with Crippen molar-refractivity contribution in [2.24, 2.45) is 0 Å². The average Bonchev–Trinajstić information content (AvgIpc) is 2.32. The van der Waals surface area contributed by atoms with Crippen LogP contribution in [0.1, 0.15) is 13.8 Å². The molecule has 1 atom stereocenters. The number of hydrogen-bond donors (Lipinski definition) is 1. The highest BCUT2D eigenvalue weighted by molar-refractivity contribution is 8.63. The summed E-state index contributed by atoms with van der Waals surface area (Å²) >= 11 is 9.62. The van der Waals surface area contributed by atoms with Gasteiger partial charge in [0.15, 0.2) is 5.47 Å². The van der Waals surface area contributed by atoms with Crippen molar-refractivity contribution < 1.29 is 4.52 Å². The highest BCUT2D eigenvalue weighted by atomic mass is 32.9. The van der Waals surface area contributed by atoms with Gasteiger partial charge in [0.2, 0.25) is 0 Å². The minimum atomic E-state index is -2.08. The Kier molecular flexibility index (Phi) is 3.39. The first-order valence-corrected chi connectivity index (χ1v) is 7.55. The number of rotatable bonds is 3. The van der Waals surface area contributed by atoms with Gasteiger partial charge in [-0.1, -0.05) is 17.9 Å². The van der Waals surface area contributed by atoms with E-state index in [1.165, 1.54) is 0 Å². The summed E-state index contributed by atoms with van der Waals surface area (Å²) in [5, 5.41) is 0.912. The molecule has 0 spiro atoms. The lowest BCUT2D eigenvalue weighted by atomic mass is 10.5. The first-order valence-electron chi connectivity index (χ1n) is 3.67. The summed E-state index contributed by atoms with van der Waals surface area (Å²) in [4.78, 5) is 0. The van der Waals surface area contributed by atoms with Crippen molar-refractivity contribution in [1.82, 2.24) is 0 Å². The molecule has 1 aliphatic carbocycles. The molecule has 0 aromatic rings. The second-order valence-electron chi connectivity index (χ2n) is 2.73. The van der Waals surface area contributed by atoms with Crippen LogP contribution >= 0.6 is 17.7 Å². The molecule has 1 aliphatic rings. The molecule has 12 heavy (non-hydrogen) atoms. The van der Waals surface area contributed by atoms with Crippen LogP contribution in [-0.4, -0.2) is 6.10 Å². The Balaban J connectivity index is 2.79. The maximum Gasteiger partial charge on any atom is 0.153 e. The fourth-order valence-electron chi connectivity index (χ4n) is 0.839. The molecule has 4 heteroatoms. The van der Waals surface area contributed by atoms with E-state index in [0.29, 0.717) is 0 Å². The Morgan fingerprint density at radius 2 is 2.33 bits per heavy atom. The minimum absolute atomic E-state index is 0.122. The van der Waals surface area contributed by atoms with Crippen molar-refractivity contribution in [1.29, 1.82) is 0 Å². The van der Waals surface area contributed by atoms with Gasteiger partial charge in [-0.05, 0) is 26.0 Å². The van der Waals surface area contributed by atoms with E-state index in [1.807, 2.05) is 32.1 Å². The van der Waals surface area contributed by atoms with E-state index in [1.54, 1.807) is 0 Å². The van der Waals surface area contributed by atoms with Crippen molar-refractivity contribution in [3.63, 3.8) is 0 Å². The molecule has 0 N–H and O–H groups in total. The fourth-order valence-corrected chi connectivity index (χ4v) is 3.83. The zero-order chi connectivity index (χ0) is 9.19. The predicted octanol–water partition coefficient (Wildman–Crippen LogP) is 3.26. The topological polar surface area (TPSA) is 9.23 Å². The van der Waals surface area contributed by atoms with Gasteiger partial charge in [0.25, 0.3) is 0 Å². The molecule has 0 saturated carbocycles.